The summed E-state index contributed by atoms with van der Waals surface area (Å²) < 4.78 is 26.4. The molecule has 4 rings (SSSR count). The number of methoxy groups -OCH3 is 2. The van der Waals surface area contributed by atoms with Crippen LogP contribution in [0.5, 0.6) is 5.75 Å². The summed E-state index contributed by atoms with van der Waals surface area (Å²) in [6.07, 6.45) is 3.47. The molecule has 1 saturated heterocycles. The van der Waals surface area contributed by atoms with Crippen molar-refractivity contribution >= 4 is 5.91 Å². The van der Waals surface area contributed by atoms with Gasteiger partial charge in [-0.3, -0.25) is 4.79 Å². The molecule has 0 radical (unpaired) electrons. The lowest BCUT2D eigenvalue weighted by atomic mass is 9.71. The first-order valence-electron chi connectivity index (χ1n) is 14.1. The second-order valence-corrected chi connectivity index (χ2v) is 11.3. The fraction of sp³-hybridized carbons (Fsp3) is 0.581. The van der Waals surface area contributed by atoms with E-state index in [2.05, 4.69) is 0 Å². The molecule has 8 heteroatoms. The number of halogens is 1. The predicted octanol–water partition coefficient (Wildman–Crippen LogP) is 4.15. The first-order valence-corrected chi connectivity index (χ1v) is 14.1. The van der Waals surface area contributed by atoms with Gasteiger partial charge in [0.05, 0.1) is 18.8 Å². The van der Waals surface area contributed by atoms with E-state index >= 15 is 4.39 Å². The maximum Gasteiger partial charge on any atom is 0.225 e. The molecule has 1 unspecified atom stereocenters. The van der Waals surface area contributed by atoms with Crippen molar-refractivity contribution in [2.24, 2.45) is 17.6 Å². The molecule has 1 heterocycles. The van der Waals surface area contributed by atoms with Gasteiger partial charge in [0.1, 0.15) is 11.6 Å². The highest BCUT2D eigenvalue weighted by Crippen LogP contribution is 2.45. The van der Waals surface area contributed by atoms with E-state index in [4.69, 9.17) is 15.2 Å². The zero-order chi connectivity index (χ0) is 28.2. The molecule has 0 spiro atoms. The van der Waals surface area contributed by atoms with Gasteiger partial charge >= 0.3 is 0 Å². The third kappa shape index (κ3) is 6.46. The van der Waals surface area contributed by atoms with E-state index in [-0.39, 0.29) is 17.7 Å². The van der Waals surface area contributed by atoms with Gasteiger partial charge in [-0.25, -0.2) is 4.39 Å². The summed E-state index contributed by atoms with van der Waals surface area (Å²) in [5, 5.41) is 22.7. The lowest BCUT2D eigenvalue weighted by molar-refractivity contribution is -0.141. The van der Waals surface area contributed by atoms with Gasteiger partial charge in [-0.15, -0.1) is 0 Å². The van der Waals surface area contributed by atoms with E-state index in [1.807, 2.05) is 30.0 Å². The van der Waals surface area contributed by atoms with Crippen LogP contribution in [-0.4, -0.2) is 67.1 Å². The molecular weight excluding hydrogens is 499 g/mol. The third-order valence-electron chi connectivity index (χ3n) is 8.55. The second kappa shape index (κ2) is 12.8. The van der Waals surface area contributed by atoms with E-state index in [1.165, 1.54) is 6.07 Å². The van der Waals surface area contributed by atoms with E-state index < -0.39 is 23.6 Å². The number of unbranched alkanes of at least 4 members (excludes halogenated alkanes) is 1. The summed E-state index contributed by atoms with van der Waals surface area (Å²) in [6.45, 7) is 3.47. The van der Waals surface area contributed by atoms with Gasteiger partial charge < -0.3 is 30.3 Å². The van der Waals surface area contributed by atoms with Gasteiger partial charge in [0.2, 0.25) is 5.91 Å². The molecule has 2 aromatic carbocycles. The van der Waals surface area contributed by atoms with Gasteiger partial charge in [-0.05, 0) is 86.8 Å². The van der Waals surface area contributed by atoms with E-state index in [0.717, 1.165) is 18.4 Å². The Balaban J connectivity index is 1.71. The number of rotatable bonds is 10. The summed E-state index contributed by atoms with van der Waals surface area (Å²) in [6, 6.07) is 10.1. The zero-order valence-corrected chi connectivity index (χ0v) is 23.4. The number of aryl methyl sites for hydroxylation is 1. The van der Waals surface area contributed by atoms with Crippen LogP contribution < -0.4 is 10.5 Å². The number of piperidine rings is 1. The molecule has 5 atom stereocenters. The number of hydrogen-bond acceptors (Lipinski definition) is 6. The van der Waals surface area contributed by atoms with Crippen LogP contribution in [0.2, 0.25) is 0 Å². The van der Waals surface area contributed by atoms with Crippen LogP contribution in [0.25, 0.3) is 11.1 Å². The van der Waals surface area contributed by atoms with Crippen molar-refractivity contribution in [3.8, 4) is 16.9 Å². The van der Waals surface area contributed by atoms with Crippen molar-refractivity contribution in [1.82, 2.24) is 4.90 Å². The van der Waals surface area contributed by atoms with Crippen LogP contribution in [0, 0.1) is 24.6 Å². The molecule has 1 aliphatic carbocycles. The zero-order valence-electron chi connectivity index (χ0n) is 23.4. The maximum atomic E-state index is 15.7. The quantitative estimate of drug-likeness (QED) is 0.390. The van der Waals surface area contributed by atoms with Crippen LogP contribution in [-0.2, 0) is 15.1 Å². The third-order valence-corrected chi connectivity index (χ3v) is 8.55. The summed E-state index contributed by atoms with van der Waals surface area (Å²) in [5.74, 6) is -0.406. The number of likely N-dealkylation sites (tertiary alicyclic amines) is 1. The fourth-order valence-corrected chi connectivity index (χ4v) is 6.46. The predicted molar refractivity (Wildman–Crippen MR) is 149 cm³/mol. The average Bonchev–Trinajstić information content (AvgIpc) is 3.27. The van der Waals surface area contributed by atoms with Gasteiger partial charge in [-0.1, -0.05) is 18.2 Å². The van der Waals surface area contributed by atoms with Crippen LogP contribution in [0.15, 0.2) is 36.4 Å². The number of ether oxygens (including phenoxy) is 2. The molecule has 0 bridgehead atoms. The minimum Gasteiger partial charge on any atom is -0.497 e. The highest BCUT2D eigenvalue weighted by molar-refractivity contribution is 5.79. The van der Waals surface area contributed by atoms with Crippen molar-refractivity contribution in [1.29, 1.82) is 0 Å². The molecule has 2 aromatic rings. The molecule has 1 saturated carbocycles. The SMILES string of the molecule is COCCCCC(O)(c1cccc(F)c1-c1cc(C)cc(OC)c1)[C@@H]1CCCN(C(=O)[C@H]2C[C@@H](N)[C@@H](O)C2)C1. The molecule has 214 valence electrons. The first kappa shape index (κ1) is 29.5. The van der Waals surface area contributed by atoms with Gasteiger partial charge in [0, 0.05) is 50.2 Å². The highest BCUT2D eigenvalue weighted by Gasteiger charge is 2.45. The Labute approximate surface area is 231 Å². The number of benzene rings is 2. The number of aliphatic hydroxyl groups excluding tert-OH is 1. The number of aliphatic hydroxyl groups is 2. The molecule has 4 N–H and O–H groups in total. The number of nitrogens with two attached hydrogens (primary N) is 1. The standard InChI is InChI=1S/C31H43FN2O5/c1-20-14-21(16-24(15-20)39-3)29-25(9-6-10-26(29)32)31(37,11-4-5-13-38-2)23-8-7-12-34(19-23)30(36)22-17-27(33)28(35)18-22/h6,9-10,14-16,22-23,27-28,35,37H,4-5,7-8,11-13,17-19,33H2,1-3H3/t22-,23+,27+,28-,31?/m0/s1. The van der Waals surface area contributed by atoms with Crippen molar-refractivity contribution < 1.29 is 28.9 Å². The van der Waals surface area contributed by atoms with Crippen LogP contribution in [0.4, 0.5) is 4.39 Å². The normalized spacial score (nSPS) is 24.9. The first-order chi connectivity index (χ1) is 18.7. The van der Waals surface area contributed by atoms with Crippen LogP contribution in [0.1, 0.15) is 56.1 Å². The number of nitrogens with zero attached hydrogens (tertiary/aromatic N) is 1. The second-order valence-electron chi connectivity index (χ2n) is 11.3. The summed E-state index contributed by atoms with van der Waals surface area (Å²) in [5.41, 5.74) is 7.09. The van der Waals surface area contributed by atoms with E-state index in [1.54, 1.807) is 26.4 Å². The fourth-order valence-electron chi connectivity index (χ4n) is 6.46. The van der Waals surface area contributed by atoms with Gasteiger partial charge in [-0.2, -0.15) is 0 Å². The highest BCUT2D eigenvalue weighted by atomic mass is 19.1. The molecule has 1 aliphatic heterocycles. The van der Waals surface area contributed by atoms with Crippen molar-refractivity contribution in [2.75, 3.05) is 33.9 Å². The number of carbonyl (C=O) groups excluding carboxylic acids is 1. The minimum atomic E-state index is -1.37. The Morgan fingerprint density at radius 1 is 1.21 bits per heavy atom. The average molecular weight is 543 g/mol. The Morgan fingerprint density at radius 3 is 2.69 bits per heavy atom. The molecule has 2 fully saturated rings. The van der Waals surface area contributed by atoms with Crippen molar-refractivity contribution in [2.45, 2.75) is 69.6 Å². The summed E-state index contributed by atoms with van der Waals surface area (Å²) >= 11 is 0. The Hall–Kier alpha value is -2.52. The topological polar surface area (TPSA) is 105 Å². The lowest BCUT2D eigenvalue weighted by Crippen LogP contribution is -2.49. The summed E-state index contributed by atoms with van der Waals surface area (Å²) in [4.78, 5) is 15.3. The number of amides is 1. The lowest BCUT2D eigenvalue weighted by Gasteiger charge is -2.44. The number of hydrogen-bond donors (Lipinski definition) is 3. The van der Waals surface area contributed by atoms with Crippen LogP contribution >= 0.6 is 0 Å². The van der Waals surface area contributed by atoms with Gasteiger partial charge in [0.25, 0.3) is 0 Å². The van der Waals surface area contributed by atoms with Crippen molar-refractivity contribution in [3.05, 3.63) is 53.3 Å². The summed E-state index contributed by atoms with van der Waals surface area (Å²) in [7, 11) is 3.23. The molecule has 2 aliphatic rings. The number of carbonyl (C=O) groups is 1. The molecule has 0 aromatic heterocycles. The smallest absolute Gasteiger partial charge is 0.225 e. The minimum absolute atomic E-state index is 0.0173. The molecule has 7 nitrogen and oxygen atoms in total. The maximum absolute atomic E-state index is 15.7. The monoisotopic (exact) mass is 542 g/mol. The Morgan fingerprint density at radius 2 is 2.00 bits per heavy atom. The van der Waals surface area contributed by atoms with Crippen LogP contribution in [0.3, 0.4) is 0 Å². The van der Waals surface area contributed by atoms with E-state index in [9.17, 15) is 15.0 Å². The molecule has 1 amide bonds. The largest absolute Gasteiger partial charge is 0.497 e. The Bertz CT molecular complexity index is 1130. The van der Waals surface area contributed by atoms with E-state index in [0.29, 0.717) is 74.2 Å². The van der Waals surface area contributed by atoms with Gasteiger partial charge in [0.15, 0.2) is 0 Å². The molecular formula is C31H43FN2O5. The Kier molecular flexibility index (Phi) is 9.64. The molecule has 39 heavy (non-hydrogen) atoms. The van der Waals surface area contributed by atoms with Crippen molar-refractivity contribution in [3.63, 3.8) is 0 Å².